The zero-order chi connectivity index (χ0) is 15.4. The highest BCUT2D eigenvalue weighted by Gasteiger charge is 2.10. The number of benzene rings is 2. The van der Waals surface area contributed by atoms with Gasteiger partial charge in [0.05, 0.1) is 11.1 Å². The van der Waals surface area contributed by atoms with Gasteiger partial charge < -0.3 is 5.32 Å². The molecule has 1 N–H and O–H groups in total. The Kier molecular flexibility index (Phi) is 3.97. The molecule has 0 aliphatic heterocycles. The number of hydrogen-bond donors (Lipinski definition) is 1. The number of amides is 1. The molecule has 2 aromatic rings. The molecular formula is C16H10FN3O. The van der Waals surface area contributed by atoms with Crippen LogP contribution in [0.2, 0.25) is 0 Å². The molecule has 2 rings (SSSR count). The van der Waals surface area contributed by atoms with E-state index >= 15 is 0 Å². The number of rotatable bonds is 2. The number of aryl methyl sites for hydroxylation is 1. The van der Waals surface area contributed by atoms with Crippen LogP contribution in [0.1, 0.15) is 27.0 Å². The number of nitrogens with zero attached hydrogens (tertiary/aromatic N) is 2. The third kappa shape index (κ3) is 3.23. The molecule has 0 saturated carbocycles. The van der Waals surface area contributed by atoms with Gasteiger partial charge in [0.25, 0.3) is 5.91 Å². The van der Waals surface area contributed by atoms with E-state index in [1.165, 1.54) is 24.3 Å². The zero-order valence-electron chi connectivity index (χ0n) is 11.1. The molecule has 0 heterocycles. The van der Waals surface area contributed by atoms with Crippen LogP contribution in [0.3, 0.4) is 0 Å². The summed E-state index contributed by atoms with van der Waals surface area (Å²) in [6.07, 6.45) is 0. The van der Waals surface area contributed by atoms with Crippen molar-refractivity contribution in [3.05, 3.63) is 64.5 Å². The van der Waals surface area contributed by atoms with Crippen LogP contribution in [0, 0.1) is 35.4 Å². The summed E-state index contributed by atoms with van der Waals surface area (Å²) in [5.74, 6) is -0.969. The second-order valence-corrected chi connectivity index (χ2v) is 4.46. The molecule has 0 aliphatic carbocycles. The highest BCUT2D eigenvalue weighted by molar-refractivity contribution is 6.04. The van der Waals surface area contributed by atoms with E-state index < -0.39 is 11.7 Å². The largest absolute Gasteiger partial charge is 0.322 e. The zero-order valence-corrected chi connectivity index (χ0v) is 11.1. The van der Waals surface area contributed by atoms with Gasteiger partial charge in [0.1, 0.15) is 18.0 Å². The van der Waals surface area contributed by atoms with Crippen molar-refractivity contribution < 1.29 is 9.18 Å². The van der Waals surface area contributed by atoms with Crippen LogP contribution in [-0.4, -0.2) is 5.91 Å². The van der Waals surface area contributed by atoms with E-state index in [2.05, 4.69) is 5.32 Å². The third-order valence-corrected chi connectivity index (χ3v) is 2.82. The van der Waals surface area contributed by atoms with Gasteiger partial charge in [0.15, 0.2) is 0 Å². The molecule has 0 saturated heterocycles. The average Bonchev–Trinajstić information content (AvgIpc) is 2.46. The predicted octanol–water partition coefficient (Wildman–Crippen LogP) is 3.13. The molecule has 1 amide bonds. The molecular weight excluding hydrogens is 269 g/mol. The van der Waals surface area contributed by atoms with Gasteiger partial charge in [-0.1, -0.05) is 0 Å². The van der Waals surface area contributed by atoms with Crippen molar-refractivity contribution in [1.82, 2.24) is 0 Å². The van der Waals surface area contributed by atoms with Crippen LogP contribution >= 0.6 is 0 Å². The molecule has 0 aromatic heterocycles. The Hall–Kier alpha value is -3.18. The first kappa shape index (κ1) is 14.2. The number of carbonyl (C=O) groups excluding carboxylic acids is 1. The number of nitrogens with one attached hydrogen (secondary N) is 1. The summed E-state index contributed by atoms with van der Waals surface area (Å²) in [7, 11) is 0. The molecule has 0 fully saturated rings. The predicted molar refractivity (Wildman–Crippen MR) is 75.0 cm³/mol. The SMILES string of the molecule is Cc1cc(F)cc(C(=O)Nc2ccc(C#N)c(C#N)c2)c1. The van der Waals surface area contributed by atoms with Gasteiger partial charge in [-0.2, -0.15) is 10.5 Å². The lowest BCUT2D eigenvalue weighted by Crippen LogP contribution is -2.12. The highest BCUT2D eigenvalue weighted by atomic mass is 19.1. The van der Waals surface area contributed by atoms with E-state index in [4.69, 9.17) is 10.5 Å². The third-order valence-electron chi connectivity index (χ3n) is 2.82. The van der Waals surface area contributed by atoms with Gasteiger partial charge in [0, 0.05) is 11.3 Å². The maximum Gasteiger partial charge on any atom is 0.255 e. The molecule has 0 aliphatic rings. The van der Waals surface area contributed by atoms with Gasteiger partial charge >= 0.3 is 0 Å². The van der Waals surface area contributed by atoms with E-state index in [0.29, 0.717) is 11.3 Å². The minimum Gasteiger partial charge on any atom is -0.322 e. The van der Waals surface area contributed by atoms with Crippen molar-refractivity contribution in [2.45, 2.75) is 6.92 Å². The maximum absolute atomic E-state index is 13.3. The highest BCUT2D eigenvalue weighted by Crippen LogP contribution is 2.16. The van der Waals surface area contributed by atoms with Crippen LogP contribution < -0.4 is 5.32 Å². The standard InChI is InChI=1S/C16H10FN3O/c1-10-4-12(6-14(17)5-10)16(21)20-15-3-2-11(8-18)13(7-15)9-19/h2-7H,1H3,(H,20,21). The van der Waals surface area contributed by atoms with E-state index in [1.54, 1.807) is 13.0 Å². The first-order valence-corrected chi connectivity index (χ1v) is 6.06. The smallest absolute Gasteiger partial charge is 0.255 e. The summed E-state index contributed by atoms with van der Waals surface area (Å²) < 4.78 is 13.3. The maximum atomic E-state index is 13.3. The Bertz CT molecular complexity index is 780. The van der Waals surface area contributed by atoms with Crippen LogP contribution in [-0.2, 0) is 0 Å². The van der Waals surface area contributed by atoms with Crippen molar-refractivity contribution in [2.75, 3.05) is 5.32 Å². The number of hydrogen-bond acceptors (Lipinski definition) is 3. The summed E-state index contributed by atoms with van der Waals surface area (Å²) in [4.78, 5) is 12.0. The second kappa shape index (κ2) is 5.85. The van der Waals surface area contributed by atoms with Crippen LogP contribution in [0.5, 0.6) is 0 Å². The monoisotopic (exact) mass is 279 g/mol. The van der Waals surface area contributed by atoms with E-state index in [1.807, 2.05) is 12.1 Å². The Morgan fingerprint density at radius 2 is 1.81 bits per heavy atom. The van der Waals surface area contributed by atoms with Crippen molar-refractivity contribution in [2.24, 2.45) is 0 Å². The van der Waals surface area contributed by atoms with Crippen LogP contribution in [0.4, 0.5) is 10.1 Å². The summed E-state index contributed by atoms with van der Waals surface area (Å²) in [6, 6.07) is 12.2. The molecule has 102 valence electrons. The minimum atomic E-state index is -0.488. The fourth-order valence-corrected chi connectivity index (χ4v) is 1.88. The topological polar surface area (TPSA) is 76.7 Å². The summed E-state index contributed by atoms with van der Waals surface area (Å²) >= 11 is 0. The Morgan fingerprint density at radius 3 is 2.43 bits per heavy atom. The van der Waals surface area contributed by atoms with Crippen molar-refractivity contribution in [1.29, 1.82) is 10.5 Å². The summed E-state index contributed by atoms with van der Waals surface area (Å²) in [5.41, 5.74) is 1.60. The number of carbonyl (C=O) groups is 1. The first-order chi connectivity index (χ1) is 10.0. The van der Waals surface area contributed by atoms with Crippen LogP contribution in [0.15, 0.2) is 36.4 Å². The molecule has 0 spiro atoms. The van der Waals surface area contributed by atoms with E-state index in [9.17, 15) is 9.18 Å². The second-order valence-electron chi connectivity index (χ2n) is 4.46. The molecule has 4 nitrogen and oxygen atoms in total. The summed E-state index contributed by atoms with van der Waals surface area (Å²) in [5, 5.41) is 20.3. The van der Waals surface area contributed by atoms with Crippen LogP contribution in [0.25, 0.3) is 0 Å². The molecule has 0 radical (unpaired) electrons. The van der Waals surface area contributed by atoms with E-state index in [-0.39, 0.29) is 16.7 Å². The average molecular weight is 279 g/mol. The molecule has 0 bridgehead atoms. The number of nitriles is 2. The lowest BCUT2D eigenvalue weighted by molar-refractivity contribution is 0.102. The minimum absolute atomic E-state index is 0.172. The summed E-state index contributed by atoms with van der Waals surface area (Å²) in [6.45, 7) is 1.69. The molecule has 0 atom stereocenters. The molecule has 21 heavy (non-hydrogen) atoms. The fraction of sp³-hybridized carbons (Fsp3) is 0.0625. The first-order valence-electron chi connectivity index (χ1n) is 6.06. The van der Waals surface area contributed by atoms with Gasteiger partial charge in [-0.25, -0.2) is 4.39 Å². The fourth-order valence-electron chi connectivity index (χ4n) is 1.88. The van der Waals surface area contributed by atoms with Gasteiger partial charge in [-0.15, -0.1) is 0 Å². The Balaban J connectivity index is 2.28. The van der Waals surface area contributed by atoms with Crippen molar-refractivity contribution in [3.8, 4) is 12.1 Å². The molecule has 2 aromatic carbocycles. The lowest BCUT2D eigenvalue weighted by Gasteiger charge is -2.07. The van der Waals surface area contributed by atoms with Gasteiger partial charge in [-0.05, 0) is 48.9 Å². The normalized spacial score (nSPS) is 9.52. The number of anilines is 1. The quantitative estimate of drug-likeness (QED) is 0.917. The Morgan fingerprint density at radius 1 is 1.10 bits per heavy atom. The van der Waals surface area contributed by atoms with Crippen molar-refractivity contribution >= 4 is 11.6 Å². The van der Waals surface area contributed by atoms with E-state index in [0.717, 1.165) is 6.07 Å². The Labute approximate surface area is 121 Å². The lowest BCUT2D eigenvalue weighted by atomic mass is 10.1. The molecule has 5 heteroatoms. The van der Waals surface area contributed by atoms with Gasteiger partial charge in [0.2, 0.25) is 0 Å². The molecule has 0 unspecified atom stereocenters. The number of halogens is 1. The van der Waals surface area contributed by atoms with Crippen molar-refractivity contribution in [3.63, 3.8) is 0 Å². The van der Waals surface area contributed by atoms with Gasteiger partial charge in [-0.3, -0.25) is 4.79 Å².